The number of fused-ring (bicyclic) bond motifs is 1. The molecule has 2 aliphatic rings. The number of anilines is 1. The van der Waals surface area contributed by atoms with Crippen molar-refractivity contribution in [1.82, 2.24) is 4.90 Å². The first kappa shape index (κ1) is 21.3. The average molecular weight is 419 g/mol. The number of aryl methyl sites for hydroxylation is 1. The Kier molecular flexibility index (Phi) is 6.82. The summed E-state index contributed by atoms with van der Waals surface area (Å²) in [6.07, 6.45) is 4.71. The van der Waals surface area contributed by atoms with Gasteiger partial charge in [0.2, 0.25) is 0 Å². The van der Waals surface area contributed by atoms with E-state index < -0.39 is 0 Å². The molecule has 0 radical (unpaired) electrons. The van der Waals surface area contributed by atoms with Crippen LogP contribution in [0.4, 0.5) is 5.69 Å². The largest absolute Gasteiger partial charge is 0.381 e. The van der Waals surface area contributed by atoms with Gasteiger partial charge >= 0.3 is 0 Å². The molecule has 0 aromatic heterocycles. The van der Waals surface area contributed by atoms with Crippen LogP contribution >= 0.6 is 0 Å². The van der Waals surface area contributed by atoms with Crippen molar-refractivity contribution in [2.75, 3.05) is 31.2 Å². The van der Waals surface area contributed by atoms with Crippen LogP contribution in [0.2, 0.25) is 0 Å². The van der Waals surface area contributed by atoms with E-state index >= 15 is 0 Å². The molecule has 0 fully saturated rings. The van der Waals surface area contributed by atoms with Crippen LogP contribution in [-0.2, 0) is 20.7 Å². The summed E-state index contributed by atoms with van der Waals surface area (Å²) in [4.78, 5) is 30.4. The highest BCUT2D eigenvalue weighted by Gasteiger charge is 2.42. The highest BCUT2D eigenvalue weighted by Crippen LogP contribution is 2.37. The first-order chi connectivity index (χ1) is 15.2. The molecule has 4 rings (SSSR count). The second-order valence-electron chi connectivity index (χ2n) is 8.05. The van der Waals surface area contributed by atoms with Gasteiger partial charge in [-0.2, -0.15) is 0 Å². The zero-order chi connectivity index (χ0) is 21.6. The maximum Gasteiger partial charge on any atom is 0.278 e. The Morgan fingerprint density at radius 3 is 2.45 bits per heavy atom. The van der Waals surface area contributed by atoms with Crippen LogP contribution in [0.25, 0.3) is 5.57 Å². The van der Waals surface area contributed by atoms with Gasteiger partial charge in [-0.25, -0.2) is 0 Å². The number of amides is 2. The van der Waals surface area contributed by atoms with Crippen molar-refractivity contribution >= 4 is 23.1 Å². The molecule has 0 bridgehead atoms. The maximum absolute atomic E-state index is 13.5. The van der Waals surface area contributed by atoms with Crippen molar-refractivity contribution in [2.45, 2.75) is 39.0 Å². The van der Waals surface area contributed by atoms with Gasteiger partial charge in [0.25, 0.3) is 11.8 Å². The number of imide groups is 1. The SMILES string of the molecule is CCCCOCCCN1C(=O)C(c2ccccc2)=C(N2CCCc3ccccc32)C1=O. The van der Waals surface area contributed by atoms with E-state index in [-0.39, 0.29) is 11.8 Å². The average Bonchev–Trinajstić information content (AvgIpc) is 3.06. The van der Waals surface area contributed by atoms with Crippen molar-refractivity contribution < 1.29 is 14.3 Å². The predicted molar refractivity (Wildman–Crippen MR) is 123 cm³/mol. The van der Waals surface area contributed by atoms with E-state index in [2.05, 4.69) is 17.9 Å². The number of para-hydroxylation sites is 1. The van der Waals surface area contributed by atoms with E-state index in [4.69, 9.17) is 4.74 Å². The van der Waals surface area contributed by atoms with Gasteiger partial charge in [-0.15, -0.1) is 0 Å². The fourth-order valence-corrected chi connectivity index (χ4v) is 4.32. The van der Waals surface area contributed by atoms with Crippen LogP contribution in [-0.4, -0.2) is 43.0 Å². The molecule has 2 heterocycles. The fraction of sp³-hybridized carbons (Fsp3) is 0.385. The maximum atomic E-state index is 13.5. The van der Waals surface area contributed by atoms with Crippen molar-refractivity contribution in [1.29, 1.82) is 0 Å². The second kappa shape index (κ2) is 9.92. The Balaban J connectivity index is 1.63. The monoisotopic (exact) mass is 418 g/mol. The normalized spacial score (nSPS) is 16.3. The quantitative estimate of drug-likeness (QED) is 0.447. The van der Waals surface area contributed by atoms with Gasteiger partial charge in [0, 0.05) is 32.0 Å². The van der Waals surface area contributed by atoms with Crippen molar-refractivity contribution in [2.24, 2.45) is 0 Å². The predicted octanol–water partition coefficient (Wildman–Crippen LogP) is 4.43. The number of benzene rings is 2. The minimum Gasteiger partial charge on any atom is -0.381 e. The molecule has 162 valence electrons. The second-order valence-corrected chi connectivity index (χ2v) is 8.05. The minimum atomic E-state index is -0.206. The summed E-state index contributed by atoms with van der Waals surface area (Å²) >= 11 is 0. The van der Waals surface area contributed by atoms with E-state index in [1.54, 1.807) is 0 Å². The number of rotatable bonds is 9. The molecular formula is C26H30N2O3. The molecule has 2 aromatic rings. The lowest BCUT2D eigenvalue weighted by Gasteiger charge is -2.32. The third kappa shape index (κ3) is 4.42. The molecule has 31 heavy (non-hydrogen) atoms. The van der Waals surface area contributed by atoms with Crippen molar-refractivity contribution in [3.8, 4) is 0 Å². The molecule has 2 aliphatic heterocycles. The number of ether oxygens (including phenoxy) is 1. The van der Waals surface area contributed by atoms with Crippen LogP contribution in [0.3, 0.4) is 0 Å². The van der Waals surface area contributed by atoms with E-state index in [1.165, 1.54) is 10.5 Å². The molecule has 0 spiro atoms. The lowest BCUT2D eigenvalue weighted by molar-refractivity contribution is -0.137. The van der Waals surface area contributed by atoms with Crippen LogP contribution in [0.15, 0.2) is 60.3 Å². The Bertz CT molecular complexity index is 968. The van der Waals surface area contributed by atoms with Crippen LogP contribution in [0, 0.1) is 0 Å². The number of carbonyl (C=O) groups excluding carboxylic acids is 2. The third-order valence-electron chi connectivity index (χ3n) is 5.90. The Hall–Kier alpha value is -2.92. The summed E-state index contributed by atoms with van der Waals surface area (Å²) in [6, 6.07) is 17.7. The zero-order valence-electron chi connectivity index (χ0n) is 18.2. The number of nitrogens with zero attached hydrogens (tertiary/aromatic N) is 2. The highest BCUT2D eigenvalue weighted by atomic mass is 16.5. The summed E-state index contributed by atoms with van der Waals surface area (Å²) in [5.41, 5.74) is 4.06. The Morgan fingerprint density at radius 2 is 1.65 bits per heavy atom. The van der Waals surface area contributed by atoms with E-state index in [9.17, 15) is 9.59 Å². The van der Waals surface area contributed by atoms with Gasteiger partial charge < -0.3 is 9.64 Å². The molecule has 2 aromatic carbocycles. The first-order valence-electron chi connectivity index (χ1n) is 11.3. The summed E-state index contributed by atoms with van der Waals surface area (Å²) in [5, 5.41) is 0. The van der Waals surface area contributed by atoms with Crippen LogP contribution < -0.4 is 4.90 Å². The summed E-state index contributed by atoms with van der Waals surface area (Å²) < 4.78 is 5.63. The van der Waals surface area contributed by atoms with Gasteiger partial charge in [-0.1, -0.05) is 61.9 Å². The first-order valence-corrected chi connectivity index (χ1v) is 11.3. The van der Waals surface area contributed by atoms with E-state index in [1.807, 2.05) is 48.5 Å². The molecular weight excluding hydrogens is 388 g/mol. The molecule has 0 atom stereocenters. The number of carbonyl (C=O) groups is 2. The standard InChI is InChI=1S/C26H30N2O3/c1-2-3-18-31-19-10-17-28-25(29)23(21-12-5-4-6-13-21)24(26(28)30)27-16-9-14-20-11-7-8-15-22(20)27/h4-8,11-13,15H,2-3,9-10,14,16-19H2,1H3. The molecule has 2 amide bonds. The molecule has 0 saturated carbocycles. The third-order valence-corrected chi connectivity index (χ3v) is 5.90. The van der Waals surface area contributed by atoms with Gasteiger partial charge in [-0.3, -0.25) is 14.5 Å². The highest BCUT2D eigenvalue weighted by molar-refractivity contribution is 6.36. The summed E-state index contributed by atoms with van der Waals surface area (Å²) in [6.45, 7) is 4.51. The minimum absolute atomic E-state index is 0.200. The molecule has 5 heteroatoms. The van der Waals surface area contributed by atoms with Gasteiger partial charge in [-0.05, 0) is 42.9 Å². The van der Waals surface area contributed by atoms with Gasteiger partial charge in [0.15, 0.2) is 0 Å². The molecule has 0 aliphatic carbocycles. The van der Waals surface area contributed by atoms with Gasteiger partial charge in [0.1, 0.15) is 5.70 Å². The lowest BCUT2D eigenvalue weighted by Crippen LogP contribution is -2.37. The summed E-state index contributed by atoms with van der Waals surface area (Å²) in [7, 11) is 0. The summed E-state index contributed by atoms with van der Waals surface area (Å²) in [5.74, 6) is -0.406. The van der Waals surface area contributed by atoms with Crippen LogP contribution in [0.5, 0.6) is 0 Å². The Morgan fingerprint density at radius 1 is 0.903 bits per heavy atom. The molecule has 0 unspecified atom stereocenters. The Labute approximate surface area is 184 Å². The molecule has 0 N–H and O–H groups in total. The fourth-order valence-electron chi connectivity index (χ4n) is 4.32. The zero-order valence-corrected chi connectivity index (χ0v) is 18.2. The van der Waals surface area contributed by atoms with E-state index in [0.717, 1.165) is 50.1 Å². The van der Waals surface area contributed by atoms with E-state index in [0.29, 0.717) is 30.8 Å². The van der Waals surface area contributed by atoms with Gasteiger partial charge in [0.05, 0.1) is 5.57 Å². The number of hydrogen-bond acceptors (Lipinski definition) is 4. The number of unbranched alkanes of at least 4 members (excludes halogenated alkanes) is 1. The number of hydrogen-bond donors (Lipinski definition) is 0. The molecule has 0 saturated heterocycles. The van der Waals surface area contributed by atoms with Crippen molar-refractivity contribution in [3.05, 3.63) is 71.4 Å². The smallest absolute Gasteiger partial charge is 0.278 e. The molecule has 5 nitrogen and oxygen atoms in total. The lowest BCUT2D eigenvalue weighted by atomic mass is 9.98. The van der Waals surface area contributed by atoms with Crippen LogP contribution in [0.1, 0.15) is 43.7 Å². The topological polar surface area (TPSA) is 49.9 Å². The van der Waals surface area contributed by atoms with Crippen molar-refractivity contribution in [3.63, 3.8) is 0 Å².